The molecule has 17 heavy (non-hydrogen) atoms. The standard InChI is InChI=1S/C12H16ClN3S/c1-3-6-14-11(9-4-5-10(13)17-9)12-15-7-8-16(12)2/h4-5,7-8,11,14H,3,6H2,1-2H3. The Morgan fingerprint density at radius 1 is 1.53 bits per heavy atom. The summed E-state index contributed by atoms with van der Waals surface area (Å²) in [6.45, 7) is 3.12. The number of aryl methyl sites for hydroxylation is 1. The van der Waals surface area contributed by atoms with Gasteiger partial charge in [0.2, 0.25) is 0 Å². The molecule has 1 N–H and O–H groups in total. The van der Waals surface area contributed by atoms with Gasteiger partial charge in [-0.15, -0.1) is 11.3 Å². The van der Waals surface area contributed by atoms with E-state index in [4.69, 9.17) is 11.6 Å². The summed E-state index contributed by atoms with van der Waals surface area (Å²) in [6, 6.07) is 4.13. The number of nitrogens with one attached hydrogen (secondary N) is 1. The van der Waals surface area contributed by atoms with Crippen LogP contribution in [-0.2, 0) is 7.05 Å². The van der Waals surface area contributed by atoms with Crippen LogP contribution in [0.3, 0.4) is 0 Å². The maximum absolute atomic E-state index is 6.00. The van der Waals surface area contributed by atoms with Crippen molar-refractivity contribution in [3.05, 3.63) is 39.6 Å². The Hall–Kier alpha value is -0.840. The fraction of sp³-hybridized carbons (Fsp3) is 0.417. The Balaban J connectivity index is 2.28. The van der Waals surface area contributed by atoms with Crippen LogP contribution in [0.15, 0.2) is 24.5 Å². The number of hydrogen-bond acceptors (Lipinski definition) is 3. The lowest BCUT2D eigenvalue weighted by atomic mass is 10.2. The van der Waals surface area contributed by atoms with E-state index in [9.17, 15) is 0 Å². The van der Waals surface area contributed by atoms with Gasteiger partial charge in [0.15, 0.2) is 0 Å². The van der Waals surface area contributed by atoms with E-state index in [1.165, 1.54) is 4.88 Å². The predicted octanol–water partition coefficient (Wildman–Crippen LogP) is 3.22. The van der Waals surface area contributed by atoms with Crippen molar-refractivity contribution in [1.82, 2.24) is 14.9 Å². The lowest BCUT2D eigenvalue weighted by Gasteiger charge is -2.16. The van der Waals surface area contributed by atoms with Crippen LogP contribution < -0.4 is 5.32 Å². The van der Waals surface area contributed by atoms with Crippen molar-refractivity contribution >= 4 is 22.9 Å². The molecule has 0 spiro atoms. The second-order valence-corrected chi connectivity index (χ2v) is 5.67. The molecule has 0 aliphatic carbocycles. The highest BCUT2D eigenvalue weighted by atomic mass is 35.5. The molecule has 0 amide bonds. The number of nitrogens with zero attached hydrogens (tertiary/aromatic N) is 2. The van der Waals surface area contributed by atoms with Gasteiger partial charge in [-0.05, 0) is 25.1 Å². The minimum absolute atomic E-state index is 0.132. The second-order valence-electron chi connectivity index (χ2n) is 3.93. The molecule has 0 bridgehead atoms. The third-order valence-corrected chi connectivity index (χ3v) is 3.89. The van der Waals surface area contributed by atoms with Crippen LogP contribution >= 0.6 is 22.9 Å². The van der Waals surface area contributed by atoms with Crippen molar-refractivity contribution in [1.29, 1.82) is 0 Å². The highest BCUT2D eigenvalue weighted by molar-refractivity contribution is 7.16. The van der Waals surface area contributed by atoms with E-state index in [-0.39, 0.29) is 6.04 Å². The van der Waals surface area contributed by atoms with Crippen LogP contribution in [-0.4, -0.2) is 16.1 Å². The average molecular weight is 270 g/mol. The minimum Gasteiger partial charge on any atom is -0.336 e. The number of imidazole rings is 1. The van der Waals surface area contributed by atoms with E-state index in [2.05, 4.69) is 23.3 Å². The van der Waals surface area contributed by atoms with Crippen molar-refractivity contribution in [2.45, 2.75) is 19.4 Å². The van der Waals surface area contributed by atoms with Gasteiger partial charge in [-0.3, -0.25) is 0 Å². The van der Waals surface area contributed by atoms with Gasteiger partial charge < -0.3 is 9.88 Å². The molecule has 2 heterocycles. The normalized spacial score (nSPS) is 12.9. The SMILES string of the molecule is CCCNC(c1ccc(Cl)s1)c1nccn1C. The first-order valence-corrected chi connectivity index (χ1v) is 6.87. The highest BCUT2D eigenvalue weighted by Crippen LogP contribution is 2.30. The van der Waals surface area contributed by atoms with Crippen molar-refractivity contribution in [3.63, 3.8) is 0 Å². The van der Waals surface area contributed by atoms with E-state index >= 15 is 0 Å². The average Bonchev–Trinajstić information content (AvgIpc) is 2.90. The number of hydrogen-bond donors (Lipinski definition) is 1. The molecule has 0 saturated carbocycles. The first-order chi connectivity index (χ1) is 8.22. The molecular formula is C12H16ClN3S. The Labute approximate surface area is 110 Å². The van der Waals surface area contributed by atoms with Crippen molar-refractivity contribution in [3.8, 4) is 0 Å². The smallest absolute Gasteiger partial charge is 0.131 e. The largest absolute Gasteiger partial charge is 0.336 e. The van der Waals surface area contributed by atoms with Crippen LogP contribution in [0.1, 0.15) is 30.1 Å². The second kappa shape index (κ2) is 5.67. The summed E-state index contributed by atoms with van der Waals surface area (Å²) in [4.78, 5) is 5.62. The fourth-order valence-corrected chi connectivity index (χ4v) is 2.88. The van der Waals surface area contributed by atoms with Gasteiger partial charge >= 0.3 is 0 Å². The Morgan fingerprint density at radius 2 is 2.35 bits per heavy atom. The number of thiophene rings is 1. The Morgan fingerprint density at radius 3 is 2.88 bits per heavy atom. The minimum atomic E-state index is 0.132. The van der Waals surface area contributed by atoms with E-state index in [1.54, 1.807) is 11.3 Å². The lowest BCUT2D eigenvalue weighted by molar-refractivity contribution is 0.562. The zero-order chi connectivity index (χ0) is 12.3. The van der Waals surface area contributed by atoms with Gasteiger partial charge in [0.05, 0.1) is 4.34 Å². The molecule has 0 aliphatic rings. The van der Waals surface area contributed by atoms with E-state index in [1.807, 2.05) is 30.1 Å². The van der Waals surface area contributed by atoms with Crippen molar-refractivity contribution in [2.24, 2.45) is 7.05 Å². The zero-order valence-corrected chi connectivity index (χ0v) is 11.6. The number of rotatable bonds is 5. The Kier molecular flexibility index (Phi) is 4.20. The maximum Gasteiger partial charge on any atom is 0.131 e. The number of halogens is 1. The van der Waals surface area contributed by atoms with E-state index in [0.29, 0.717) is 0 Å². The van der Waals surface area contributed by atoms with Gasteiger partial charge in [0, 0.05) is 24.3 Å². The summed E-state index contributed by atoms with van der Waals surface area (Å²) >= 11 is 7.61. The monoisotopic (exact) mass is 269 g/mol. The molecule has 1 atom stereocenters. The topological polar surface area (TPSA) is 29.9 Å². The van der Waals surface area contributed by atoms with E-state index in [0.717, 1.165) is 23.1 Å². The molecular weight excluding hydrogens is 254 g/mol. The molecule has 0 aromatic carbocycles. The van der Waals surface area contributed by atoms with Crippen molar-refractivity contribution in [2.75, 3.05) is 6.54 Å². The molecule has 2 aromatic heterocycles. The summed E-state index contributed by atoms with van der Waals surface area (Å²) in [5, 5.41) is 3.51. The van der Waals surface area contributed by atoms with Gasteiger partial charge in [0.25, 0.3) is 0 Å². The third kappa shape index (κ3) is 2.89. The quantitative estimate of drug-likeness (QED) is 0.903. The van der Waals surface area contributed by atoms with Gasteiger partial charge in [-0.25, -0.2) is 4.98 Å². The molecule has 2 aromatic rings. The third-order valence-electron chi connectivity index (χ3n) is 2.59. The first kappa shape index (κ1) is 12.6. The summed E-state index contributed by atoms with van der Waals surface area (Å²) in [5.41, 5.74) is 0. The molecule has 2 rings (SSSR count). The molecule has 0 radical (unpaired) electrons. The summed E-state index contributed by atoms with van der Waals surface area (Å²) in [5.74, 6) is 1.02. The molecule has 0 fully saturated rings. The molecule has 3 nitrogen and oxygen atoms in total. The first-order valence-electron chi connectivity index (χ1n) is 5.68. The van der Waals surface area contributed by atoms with Crippen LogP contribution in [0, 0.1) is 0 Å². The highest BCUT2D eigenvalue weighted by Gasteiger charge is 2.19. The summed E-state index contributed by atoms with van der Waals surface area (Å²) in [7, 11) is 2.01. The molecule has 5 heteroatoms. The number of aromatic nitrogens is 2. The maximum atomic E-state index is 6.00. The van der Waals surface area contributed by atoms with Crippen LogP contribution in [0.5, 0.6) is 0 Å². The van der Waals surface area contributed by atoms with E-state index < -0.39 is 0 Å². The van der Waals surface area contributed by atoms with Gasteiger partial charge in [-0.2, -0.15) is 0 Å². The van der Waals surface area contributed by atoms with Crippen LogP contribution in [0.4, 0.5) is 0 Å². The Bertz CT molecular complexity index is 478. The zero-order valence-electron chi connectivity index (χ0n) is 9.98. The van der Waals surface area contributed by atoms with Crippen molar-refractivity contribution < 1.29 is 0 Å². The van der Waals surface area contributed by atoms with Crippen LogP contribution in [0.2, 0.25) is 4.34 Å². The summed E-state index contributed by atoms with van der Waals surface area (Å²) < 4.78 is 2.86. The molecule has 92 valence electrons. The van der Waals surface area contributed by atoms with Gasteiger partial charge in [0.1, 0.15) is 11.9 Å². The molecule has 0 aliphatic heterocycles. The lowest BCUT2D eigenvalue weighted by Crippen LogP contribution is -2.25. The fourth-order valence-electron chi connectivity index (χ4n) is 1.75. The summed E-state index contributed by atoms with van der Waals surface area (Å²) in [6.07, 6.45) is 4.89. The van der Waals surface area contributed by atoms with Crippen LogP contribution in [0.25, 0.3) is 0 Å². The predicted molar refractivity (Wildman–Crippen MR) is 72.7 cm³/mol. The molecule has 0 saturated heterocycles. The van der Waals surface area contributed by atoms with Gasteiger partial charge in [-0.1, -0.05) is 18.5 Å². The molecule has 1 unspecified atom stereocenters.